The molecule has 8 N–H and O–H groups in total. The summed E-state index contributed by atoms with van der Waals surface area (Å²) in [6.45, 7) is 5.04. The number of aliphatic hydroxyl groups excluding tert-OH is 2. The lowest BCUT2D eigenvalue weighted by atomic mass is 9.92. The number of aliphatic carboxylic acids is 2. The average molecular weight is 603 g/mol. The van der Waals surface area contributed by atoms with E-state index in [4.69, 9.17) is 26.2 Å². The van der Waals surface area contributed by atoms with E-state index in [1.165, 1.54) is 0 Å². The molecule has 1 aliphatic heterocycles. The van der Waals surface area contributed by atoms with E-state index in [0.717, 1.165) is 0 Å². The van der Waals surface area contributed by atoms with Crippen LogP contribution in [0.3, 0.4) is 0 Å². The third kappa shape index (κ3) is 8.56. The molecule has 12 nitrogen and oxygen atoms in total. The molecule has 210 valence electrons. The summed E-state index contributed by atoms with van der Waals surface area (Å²) < 4.78 is 15.8. The van der Waals surface area contributed by atoms with Gasteiger partial charge in [-0.1, -0.05) is 0 Å². The number of nitrogens with zero attached hydrogens (tertiary/aromatic N) is 2. The van der Waals surface area contributed by atoms with Crippen LogP contribution < -0.4 is 11.1 Å². The zero-order chi connectivity index (χ0) is 28.8. The van der Waals surface area contributed by atoms with Crippen molar-refractivity contribution in [1.29, 1.82) is 0 Å². The molecule has 1 saturated heterocycles. The number of aromatic nitrogens is 1. The lowest BCUT2D eigenvalue weighted by Gasteiger charge is -2.38. The minimum atomic E-state index is -2.27. The van der Waals surface area contributed by atoms with Gasteiger partial charge in [-0.05, 0) is 60.8 Å². The van der Waals surface area contributed by atoms with Crippen LogP contribution >= 0.6 is 15.9 Å². The van der Waals surface area contributed by atoms with Crippen LogP contribution in [-0.2, 0) is 9.59 Å². The Hall–Kier alpha value is -2.91. The van der Waals surface area contributed by atoms with Crippen LogP contribution in [0.1, 0.15) is 37.0 Å². The van der Waals surface area contributed by atoms with Crippen molar-refractivity contribution in [3.8, 4) is 0 Å². The van der Waals surface area contributed by atoms with Crippen LogP contribution in [0.25, 0.3) is 10.9 Å². The minimum Gasteiger partial charge on any atom is -0.479 e. The predicted molar refractivity (Wildman–Crippen MR) is 139 cm³/mol. The lowest BCUT2D eigenvalue weighted by molar-refractivity contribution is -0.165. The van der Waals surface area contributed by atoms with Gasteiger partial charge >= 0.3 is 11.9 Å². The number of hydrogen-bond donors (Lipinski definition) is 7. The molecule has 1 amide bonds. The summed E-state index contributed by atoms with van der Waals surface area (Å²) in [5.41, 5.74) is 5.16. The predicted octanol–water partition coefficient (Wildman–Crippen LogP) is 0.762. The number of carbonyl (C=O) groups excluding carboxylic acids is 1. The van der Waals surface area contributed by atoms with Crippen molar-refractivity contribution in [2.24, 2.45) is 0 Å². The van der Waals surface area contributed by atoms with Gasteiger partial charge in [-0.25, -0.2) is 14.0 Å². The van der Waals surface area contributed by atoms with Crippen molar-refractivity contribution in [3.63, 3.8) is 0 Å². The molecule has 38 heavy (non-hydrogen) atoms. The molecule has 2 atom stereocenters. The van der Waals surface area contributed by atoms with Crippen molar-refractivity contribution >= 4 is 50.4 Å². The Morgan fingerprint density at radius 2 is 1.76 bits per heavy atom. The summed E-state index contributed by atoms with van der Waals surface area (Å²) in [6, 6.07) is 5.18. The van der Waals surface area contributed by atoms with E-state index >= 15 is 4.39 Å². The highest BCUT2D eigenvalue weighted by molar-refractivity contribution is 9.10. The molecule has 2 heterocycles. The molecular weight excluding hydrogens is 571 g/mol. The van der Waals surface area contributed by atoms with E-state index in [1.54, 1.807) is 38.2 Å². The van der Waals surface area contributed by atoms with E-state index in [1.807, 2.05) is 4.90 Å². The first-order chi connectivity index (χ1) is 17.5. The fourth-order valence-electron chi connectivity index (χ4n) is 3.85. The van der Waals surface area contributed by atoms with Gasteiger partial charge in [0.05, 0.1) is 28.9 Å². The van der Waals surface area contributed by atoms with Crippen molar-refractivity contribution < 1.29 is 44.3 Å². The topological polar surface area (TPSA) is 207 Å². The van der Waals surface area contributed by atoms with Crippen LogP contribution in [-0.4, -0.2) is 103 Å². The molecule has 0 radical (unpaired) electrons. The van der Waals surface area contributed by atoms with Gasteiger partial charge in [0, 0.05) is 35.7 Å². The molecule has 0 spiro atoms. The van der Waals surface area contributed by atoms with Gasteiger partial charge < -0.3 is 41.5 Å². The Morgan fingerprint density at radius 1 is 1.21 bits per heavy atom. The van der Waals surface area contributed by atoms with Gasteiger partial charge in [-0.3, -0.25) is 9.78 Å². The van der Waals surface area contributed by atoms with Gasteiger partial charge in [0.15, 0.2) is 12.2 Å². The Kier molecular flexibility index (Phi) is 10.5. The molecule has 14 heteroatoms. The second-order valence-electron chi connectivity index (χ2n) is 9.71. The highest BCUT2D eigenvalue weighted by Gasteiger charge is 2.36. The zero-order valence-electron chi connectivity index (χ0n) is 20.9. The fourth-order valence-corrected chi connectivity index (χ4v) is 4.29. The number of nitrogens with two attached hydrogens (primary N) is 1. The molecule has 1 fully saturated rings. The molecule has 1 aromatic carbocycles. The number of fused-ring (bicyclic) bond motifs is 1. The van der Waals surface area contributed by atoms with Crippen LogP contribution in [0.4, 0.5) is 10.1 Å². The summed E-state index contributed by atoms with van der Waals surface area (Å²) in [6.07, 6.45) is -2.31. The van der Waals surface area contributed by atoms with E-state index in [2.05, 4.69) is 26.2 Å². The molecule has 0 unspecified atom stereocenters. The van der Waals surface area contributed by atoms with Crippen molar-refractivity contribution in [2.75, 3.05) is 31.9 Å². The Balaban J connectivity index is 0.000000432. The van der Waals surface area contributed by atoms with Crippen LogP contribution in [0, 0.1) is 0 Å². The number of carboxylic acids is 2. The first-order valence-corrected chi connectivity index (χ1v) is 12.4. The number of nitrogen functional groups attached to an aromatic ring is 1. The first kappa shape index (κ1) is 31.3. The Bertz CT molecular complexity index is 1150. The maximum atomic E-state index is 15.2. The molecule has 0 saturated carbocycles. The molecular formula is C24H32BrFN4O8. The zero-order valence-corrected chi connectivity index (χ0v) is 22.5. The number of halogens is 2. The lowest BCUT2D eigenvalue weighted by Crippen LogP contribution is -2.50. The van der Waals surface area contributed by atoms with Crippen molar-refractivity contribution in [1.82, 2.24) is 15.2 Å². The second-order valence-corrected chi connectivity index (χ2v) is 10.6. The Labute approximate surface area is 226 Å². The van der Waals surface area contributed by atoms with Gasteiger partial charge in [0.25, 0.3) is 5.91 Å². The highest BCUT2D eigenvalue weighted by atomic mass is 79.9. The number of aliphatic hydroxyl groups is 3. The van der Waals surface area contributed by atoms with Gasteiger partial charge in [0.1, 0.15) is 5.67 Å². The van der Waals surface area contributed by atoms with Gasteiger partial charge in [-0.15, -0.1) is 0 Å². The third-order valence-corrected chi connectivity index (χ3v) is 6.52. The summed E-state index contributed by atoms with van der Waals surface area (Å²) in [4.78, 5) is 38.6. The van der Waals surface area contributed by atoms with E-state index in [0.29, 0.717) is 59.1 Å². The van der Waals surface area contributed by atoms with E-state index < -0.39 is 35.4 Å². The number of benzene rings is 1. The first-order valence-electron chi connectivity index (χ1n) is 11.6. The normalized spacial score (nSPS) is 17.1. The SMILES string of the molecule is CC(C)(O)CN1CCC(F)(CNC(=O)c2cc(Br)c(N)c3cccnc23)CC1.O=C(O)[C@H](O)[C@@H](O)C(=O)O. The Morgan fingerprint density at radius 3 is 2.26 bits per heavy atom. The number of alkyl halides is 1. The summed E-state index contributed by atoms with van der Waals surface area (Å²) in [7, 11) is 0. The van der Waals surface area contributed by atoms with Crippen LogP contribution in [0.5, 0.6) is 0 Å². The van der Waals surface area contributed by atoms with Gasteiger partial charge in [0.2, 0.25) is 0 Å². The maximum Gasteiger partial charge on any atom is 0.335 e. The molecule has 2 aromatic rings. The van der Waals surface area contributed by atoms with E-state index in [9.17, 15) is 19.5 Å². The average Bonchev–Trinajstić information content (AvgIpc) is 2.85. The minimum absolute atomic E-state index is 0.0570. The number of pyridine rings is 1. The van der Waals surface area contributed by atoms with Crippen LogP contribution in [0.15, 0.2) is 28.9 Å². The number of carbonyl (C=O) groups is 3. The third-order valence-electron chi connectivity index (χ3n) is 5.86. The quantitative estimate of drug-likeness (QED) is 0.210. The number of nitrogens with one attached hydrogen (secondary N) is 1. The summed E-state index contributed by atoms with van der Waals surface area (Å²) in [5, 5.41) is 45.9. The summed E-state index contributed by atoms with van der Waals surface area (Å²) in [5.74, 6) is -3.91. The van der Waals surface area contributed by atoms with Crippen LogP contribution in [0.2, 0.25) is 0 Å². The van der Waals surface area contributed by atoms with Gasteiger partial charge in [-0.2, -0.15) is 0 Å². The maximum absolute atomic E-state index is 15.2. The molecule has 0 aliphatic carbocycles. The number of β-amino-alcohol motifs (C(OH)–C–C–N with tert-alkyl or cyclic N) is 1. The van der Waals surface area contributed by atoms with Crippen molar-refractivity contribution in [2.45, 2.75) is 50.2 Å². The number of likely N-dealkylation sites (tertiary alicyclic amines) is 1. The molecule has 3 rings (SSSR count). The largest absolute Gasteiger partial charge is 0.479 e. The molecule has 1 aromatic heterocycles. The standard InChI is InChI=1S/C20H26BrFN4O2.C4H6O6/c1-19(2,28)12-26-8-5-20(22,6-9-26)11-25-18(27)14-10-15(21)16(23)13-4-3-7-24-17(13)14;5-1(3(7)8)2(6)4(9)10/h3-4,7,10,28H,5-6,8-9,11-12,23H2,1-2H3,(H,25,27);1-2,5-6H,(H,7,8)(H,9,10)/t;1-,2-/m.1/s1. The smallest absolute Gasteiger partial charge is 0.335 e. The monoisotopic (exact) mass is 602 g/mol. The number of piperidine rings is 1. The summed E-state index contributed by atoms with van der Waals surface area (Å²) >= 11 is 3.37. The molecule has 0 bridgehead atoms. The molecule has 1 aliphatic rings. The highest BCUT2D eigenvalue weighted by Crippen LogP contribution is 2.31. The number of rotatable bonds is 8. The second kappa shape index (κ2) is 12.8. The fraction of sp³-hybridized carbons (Fsp3) is 0.500. The van der Waals surface area contributed by atoms with E-state index in [-0.39, 0.29) is 12.5 Å². The number of hydrogen-bond acceptors (Lipinski definition) is 9. The number of amides is 1. The number of carboxylic acid groups (broad SMARTS) is 2. The number of anilines is 1. The van der Waals surface area contributed by atoms with Crippen molar-refractivity contribution in [3.05, 3.63) is 34.4 Å².